The third kappa shape index (κ3) is 11.0. The second kappa shape index (κ2) is 17.6. The molecule has 2 N–H and O–H groups in total. The molecule has 0 unspecified atom stereocenters. The van der Waals surface area contributed by atoms with Crippen LogP contribution in [-0.2, 0) is 12.0 Å². The van der Waals surface area contributed by atoms with Crippen LogP contribution in [0.25, 0.3) is 0 Å². The summed E-state index contributed by atoms with van der Waals surface area (Å²) in [6.45, 7) is 12.1. The molecule has 1 aromatic heterocycles. The van der Waals surface area contributed by atoms with E-state index < -0.39 is 11.2 Å². The first-order valence-corrected chi connectivity index (χ1v) is 12.9. The van der Waals surface area contributed by atoms with Crippen molar-refractivity contribution in [3.8, 4) is 6.07 Å². The highest BCUT2D eigenvalue weighted by Crippen LogP contribution is 2.26. The highest BCUT2D eigenvalue weighted by atomic mass is 32.2. The summed E-state index contributed by atoms with van der Waals surface area (Å²) >= 11 is 2.56. The molecule has 0 bridgehead atoms. The number of hydrogen-bond donors (Lipinski definition) is 2. The van der Waals surface area contributed by atoms with Crippen LogP contribution in [0.2, 0.25) is 0 Å². The maximum atomic E-state index is 13.7. The van der Waals surface area contributed by atoms with E-state index in [0.717, 1.165) is 17.5 Å². The van der Waals surface area contributed by atoms with Crippen molar-refractivity contribution < 1.29 is 13.6 Å². The van der Waals surface area contributed by atoms with E-state index in [0.29, 0.717) is 34.0 Å². The number of anilines is 1. The van der Waals surface area contributed by atoms with E-state index in [1.54, 1.807) is 38.2 Å². The van der Waals surface area contributed by atoms with Crippen LogP contribution in [-0.4, -0.2) is 18.3 Å². The van der Waals surface area contributed by atoms with Gasteiger partial charge in [-0.15, -0.1) is 11.3 Å². The third-order valence-electron chi connectivity index (χ3n) is 4.14. The second-order valence-corrected chi connectivity index (χ2v) is 8.67. The number of aldehydes is 1. The van der Waals surface area contributed by atoms with E-state index in [2.05, 4.69) is 21.1 Å². The van der Waals surface area contributed by atoms with E-state index in [9.17, 15) is 13.6 Å². The van der Waals surface area contributed by atoms with Crippen LogP contribution in [0, 0.1) is 23.0 Å². The van der Waals surface area contributed by atoms with Gasteiger partial charge >= 0.3 is 0 Å². The fourth-order valence-electron chi connectivity index (χ4n) is 2.49. The summed E-state index contributed by atoms with van der Waals surface area (Å²) in [7, 11) is 1.81. The molecule has 3 rings (SSSR count). The maximum Gasteiger partial charge on any atom is 0.192 e. The number of carbonyl (C=O) groups excluding carboxylic acids is 1. The van der Waals surface area contributed by atoms with E-state index in [1.807, 2.05) is 46.2 Å². The number of nitrogens with one attached hydrogen (secondary N) is 2. The molecule has 0 amide bonds. The van der Waals surface area contributed by atoms with E-state index >= 15 is 0 Å². The lowest BCUT2D eigenvalue weighted by Crippen LogP contribution is -2.16. The van der Waals surface area contributed by atoms with Crippen LogP contribution in [0.5, 0.6) is 0 Å². The number of nitriles is 1. The van der Waals surface area contributed by atoms with Gasteiger partial charge < -0.3 is 10.0 Å². The number of rotatable bonds is 7. The minimum absolute atomic E-state index is 0.311. The average Bonchev–Trinajstić information content (AvgIpc) is 3.40. The van der Waals surface area contributed by atoms with Gasteiger partial charge in [0.25, 0.3) is 0 Å². The molecular weight excluding hydrogens is 486 g/mol. The Kier molecular flexibility index (Phi) is 16.2. The van der Waals surface area contributed by atoms with E-state index in [1.165, 1.54) is 23.5 Å². The standard InChI is InChI=1S/C12H15FN2.C10H7FN2OS2.2C2H6/c1-12(2,8-14)10-5-4-9(7-15-3)6-11(10)13;11-8-5-7(6-14)1-2-9(8)16-13-10-12-3-4-15-10;2*1-2/h4-6,15H,7H2,1-3H3;1-6H,(H,12,13);2*1-2H3. The minimum Gasteiger partial charge on any atom is -0.316 e. The van der Waals surface area contributed by atoms with Crippen LogP contribution in [0.15, 0.2) is 52.9 Å². The fraction of sp³-hybridized carbons (Fsp3) is 0.346. The number of benzene rings is 2. The smallest absolute Gasteiger partial charge is 0.192 e. The molecule has 5 nitrogen and oxygen atoms in total. The lowest BCUT2D eigenvalue weighted by molar-refractivity contribution is 0.112. The molecule has 0 fully saturated rings. The number of hydrogen-bond acceptors (Lipinski definition) is 7. The zero-order valence-electron chi connectivity index (χ0n) is 21.3. The van der Waals surface area contributed by atoms with Crippen molar-refractivity contribution in [1.82, 2.24) is 10.3 Å². The Hall–Kier alpha value is -2.80. The summed E-state index contributed by atoms with van der Waals surface area (Å²) in [5, 5.41) is 14.4. The first kappa shape index (κ1) is 32.2. The molecule has 190 valence electrons. The molecule has 0 spiro atoms. The first-order chi connectivity index (χ1) is 16.8. The van der Waals surface area contributed by atoms with Gasteiger partial charge in [0.15, 0.2) is 5.13 Å². The van der Waals surface area contributed by atoms with Crippen molar-refractivity contribution in [1.29, 1.82) is 5.26 Å². The van der Waals surface area contributed by atoms with Gasteiger partial charge in [-0.2, -0.15) is 5.26 Å². The lowest BCUT2D eigenvalue weighted by atomic mass is 9.85. The van der Waals surface area contributed by atoms with Crippen molar-refractivity contribution >= 4 is 34.7 Å². The number of nitrogens with zero attached hydrogens (tertiary/aromatic N) is 2. The number of aromatic nitrogens is 1. The molecule has 0 radical (unpaired) electrons. The fourth-order valence-corrected chi connectivity index (χ4v) is 3.72. The molecule has 9 heteroatoms. The molecule has 0 saturated carbocycles. The zero-order chi connectivity index (χ0) is 26.9. The Morgan fingerprint density at radius 3 is 2.29 bits per heavy atom. The SMILES string of the molecule is CC.CC.CNCc1ccc(C(C)(C)C#N)c(F)c1.O=Cc1ccc(SNc2nccs2)c(F)c1. The van der Waals surface area contributed by atoms with Gasteiger partial charge in [0, 0.05) is 29.2 Å². The van der Waals surface area contributed by atoms with Gasteiger partial charge in [0.05, 0.1) is 16.4 Å². The molecule has 0 aliphatic carbocycles. The summed E-state index contributed by atoms with van der Waals surface area (Å²) in [5.41, 5.74) is 0.885. The molecule has 3 aromatic rings. The molecule has 2 aromatic carbocycles. The third-order valence-corrected chi connectivity index (χ3v) is 5.80. The summed E-state index contributed by atoms with van der Waals surface area (Å²) < 4.78 is 30.0. The summed E-state index contributed by atoms with van der Waals surface area (Å²) in [4.78, 5) is 14.9. The number of thiazole rings is 1. The molecule has 1 heterocycles. The Labute approximate surface area is 216 Å². The predicted octanol–water partition coefficient (Wildman–Crippen LogP) is 7.61. The normalized spacial score (nSPS) is 9.71. The van der Waals surface area contributed by atoms with Crippen LogP contribution in [0.3, 0.4) is 0 Å². The monoisotopic (exact) mass is 520 g/mol. The van der Waals surface area contributed by atoms with Gasteiger partial charge in [0.1, 0.15) is 17.9 Å². The van der Waals surface area contributed by atoms with Gasteiger partial charge in [-0.1, -0.05) is 45.9 Å². The Balaban J connectivity index is 0.000000580. The Bertz CT molecular complexity index is 1050. The van der Waals surface area contributed by atoms with Gasteiger partial charge in [-0.05, 0) is 56.6 Å². The Morgan fingerprint density at radius 1 is 1.11 bits per heavy atom. The molecule has 0 atom stereocenters. The zero-order valence-corrected chi connectivity index (χ0v) is 22.9. The van der Waals surface area contributed by atoms with Crippen LogP contribution >= 0.6 is 23.3 Å². The Morgan fingerprint density at radius 2 is 1.80 bits per heavy atom. The van der Waals surface area contributed by atoms with Crippen LogP contribution < -0.4 is 10.0 Å². The molecule has 0 aliphatic heterocycles. The number of carbonyl (C=O) groups is 1. The second-order valence-electron chi connectivity index (χ2n) is 6.93. The summed E-state index contributed by atoms with van der Waals surface area (Å²) in [6, 6.07) is 11.4. The topological polar surface area (TPSA) is 77.8 Å². The van der Waals surface area contributed by atoms with Gasteiger partial charge in [0.2, 0.25) is 0 Å². The van der Waals surface area contributed by atoms with Crippen LogP contribution in [0.1, 0.15) is 63.0 Å². The van der Waals surface area contributed by atoms with E-state index in [-0.39, 0.29) is 5.82 Å². The van der Waals surface area contributed by atoms with E-state index in [4.69, 9.17) is 5.26 Å². The minimum atomic E-state index is -0.776. The summed E-state index contributed by atoms with van der Waals surface area (Å²) in [5.74, 6) is -0.729. The lowest BCUT2D eigenvalue weighted by Gasteiger charge is -2.17. The quantitative estimate of drug-likeness (QED) is 0.247. The van der Waals surface area contributed by atoms with Gasteiger partial charge in [-0.3, -0.25) is 4.79 Å². The number of halogens is 2. The van der Waals surface area contributed by atoms with Gasteiger partial charge in [-0.25, -0.2) is 13.8 Å². The molecular formula is C26H34F2N4OS2. The highest BCUT2D eigenvalue weighted by molar-refractivity contribution is 8.00. The van der Waals surface area contributed by atoms with Crippen molar-refractivity contribution in [3.63, 3.8) is 0 Å². The summed E-state index contributed by atoms with van der Waals surface area (Å²) in [6.07, 6.45) is 2.28. The van der Waals surface area contributed by atoms with Crippen molar-refractivity contribution in [3.05, 3.63) is 76.3 Å². The molecule has 0 aliphatic rings. The van der Waals surface area contributed by atoms with Crippen LogP contribution in [0.4, 0.5) is 13.9 Å². The predicted molar refractivity (Wildman–Crippen MR) is 144 cm³/mol. The highest BCUT2D eigenvalue weighted by Gasteiger charge is 2.23. The molecule has 0 saturated heterocycles. The van der Waals surface area contributed by atoms with Crippen molar-refractivity contribution in [2.24, 2.45) is 0 Å². The largest absolute Gasteiger partial charge is 0.316 e. The first-order valence-electron chi connectivity index (χ1n) is 11.2. The maximum absolute atomic E-state index is 13.7. The molecule has 35 heavy (non-hydrogen) atoms. The average molecular weight is 521 g/mol. The van der Waals surface area contributed by atoms with Crippen molar-refractivity contribution in [2.45, 2.75) is 58.4 Å². The van der Waals surface area contributed by atoms with Crippen molar-refractivity contribution in [2.75, 3.05) is 11.8 Å².